The molecule has 0 bridgehead atoms. The maximum Gasteiger partial charge on any atom is 0.191 e. The van der Waals surface area contributed by atoms with Gasteiger partial charge in [0.05, 0.1) is 0 Å². The van der Waals surface area contributed by atoms with Gasteiger partial charge >= 0.3 is 0 Å². The average Bonchev–Trinajstić information content (AvgIpc) is 2.50. The van der Waals surface area contributed by atoms with Gasteiger partial charge in [-0.25, -0.2) is 4.39 Å². The minimum absolute atomic E-state index is 0.214. The molecule has 1 rings (SSSR count). The molecule has 0 saturated carbocycles. The maximum absolute atomic E-state index is 12.8. The quantitative estimate of drug-likeness (QED) is 0.598. The van der Waals surface area contributed by atoms with Crippen molar-refractivity contribution in [3.63, 3.8) is 0 Å². The number of hydrogen-bond donors (Lipinski definition) is 2. The molecule has 4 nitrogen and oxygen atoms in total. The lowest BCUT2D eigenvalue weighted by atomic mass is 10.2. The minimum atomic E-state index is -0.214. The van der Waals surface area contributed by atoms with E-state index in [0.29, 0.717) is 12.6 Å². The Labute approximate surface area is 127 Å². The van der Waals surface area contributed by atoms with Gasteiger partial charge in [-0.2, -0.15) is 0 Å². The van der Waals surface area contributed by atoms with Crippen molar-refractivity contribution in [3.8, 4) is 0 Å². The van der Waals surface area contributed by atoms with Crippen LogP contribution in [0.5, 0.6) is 0 Å². The first-order valence-electron chi connectivity index (χ1n) is 7.53. The van der Waals surface area contributed by atoms with Crippen LogP contribution in [-0.2, 0) is 6.54 Å². The van der Waals surface area contributed by atoms with Crippen LogP contribution in [0.4, 0.5) is 4.39 Å². The SMILES string of the molecule is CCN(CC)C(C)CNC(=NC)NCc1ccc(F)cc1. The first-order chi connectivity index (χ1) is 10.1. The van der Waals surface area contributed by atoms with Crippen LogP contribution in [0.1, 0.15) is 26.3 Å². The van der Waals surface area contributed by atoms with Gasteiger partial charge in [-0.15, -0.1) is 0 Å². The number of hydrogen-bond acceptors (Lipinski definition) is 2. The molecule has 21 heavy (non-hydrogen) atoms. The van der Waals surface area contributed by atoms with Crippen LogP contribution in [0.15, 0.2) is 29.3 Å². The minimum Gasteiger partial charge on any atom is -0.355 e. The van der Waals surface area contributed by atoms with Gasteiger partial charge in [0.1, 0.15) is 5.82 Å². The number of guanidine groups is 1. The Morgan fingerprint density at radius 1 is 1.19 bits per heavy atom. The summed E-state index contributed by atoms with van der Waals surface area (Å²) in [6, 6.07) is 6.93. The fraction of sp³-hybridized carbons (Fsp3) is 0.562. The van der Waals surface area contributed by atoms with Gasteiger partial charge in [0.25, 0.3) is 0 Å². The summed E-state index contributed by atoms with van der Waals surface area (Å²) in [5, 5.41) is 6.56. The molecule has 1 aromatic rings. The molecule has 0 heterocycles. The molecule has 0 amide bonds. The van der Waals surface area contributed by atoms with E-state index in [1.165, 1.54) is 12.1 Å². The fourth-order valence-corrected chi connectivity index (χ4v) is 2.23. The molecule has 0 radical (unpaired) electrons. The Kier molecular flexibility index (Phi) is 7.75. The molecule has 0 spiro atoms. The van der Waals surface area contributed by atoms with Crippen LogP contribution >= 0.6 is 0 Å². The molecule has 0 fully saturated rings. The highest BCUT2D eigenvalue weighted by Crippen LogP contribution is 2.02. The maximum atomic E-state index is 12.8. The van der Waals surface area contributed by atoms with E-state index in [1.807, 2.05) is 0 Å². The number of nitrogens with zero attached hydrogens (tertiary/aromatic N) is 2. The van der Waals surface area contributed by atoms with Crippen LogP contribution in [0.2, 0.25) is 0 Å². The van der Waals surface area contributed by atoms with Crippen LogP contribution in [0.3, 0.4) is 0 Å². The van der Waals surface area contributed by atoms with E-state index in [-0.39, 0.29) is 5.82 Å². The number of benzene rings is 1. The molecule has 0 aliphatic rings. The Balaban J connectivity index is 2.40. The van der Waals surface area contributed by atoms with Crippen molar-refractivity contribution in [2.75, 3.05) is 26.7 Å². The Morgan fingerprint density at radius 3 is 2.33 bits per heavy atom. The molecule has 1 unspecified atom stereocenters. The van der Waals surface area contributed by atoms with Crippen LogP contribution in [0.25, 0.3) is 0 Å². The second-order valence-corrected chi connectivity index (χ2v) is 5.00. The summed E-state index contributed by atoms with van der Waals surface area (Å²) in [4.78, 5) is 6.59. The summed E-state index contributed by atoms with van der Waals surface area (Å²) >= 11 is 0. The summed E-state index contributed by atoms with van der Waals surface area (Å²) in [7, 11) is 1.75. The summed E-state index contributed by atoms with van der Waals surface area (Å²) in [5.41, 5.74) is 1.02. The number of aliphatic imine (C=N–C) groups is 1. The van der Waals surface area contributed by atoms with Gasteiger partial charge in [0, 0.05) is 26.2 Å². The number of nitrogens with one attached hydrogen (secondary N) is 2. The predicted octanol–water partition coefficient (Wildman–Crippen LogP) is 2.22. The van der Waals surface area contributed by atoms with Crippen molar-refractivity contribution in [3.05, 3.63) is 35.6 Å². The highest BCUT2D eigenvalue weighted by Gasteiger charge is 2.10. The molecular weight excluding hydrogens is 267 g/mol. The van der Waals surface area contributed by atoms with Gasteiger partial charge < -0.3 is 10.6 Å². The second kappa shape index (κ2) is 9.34. The first kappa shape index (κ1) is 17.4. The van der Waals surface area contributed by atoms with E-state index in [1.54, 1.807) is 19.2 Å². The van der Waals surface area contributed by atoms with Gasteiger partial charge in [-0.1, -0.05) is 26.0 Å². The zero-order chi connectivity index (χ0) is 15.7. The van der Waals surface area contributed by atoms with Crippen molar-refractivity contribution in [1.29, 1.82) is 0 Å². The molecule has 0 aromatic heterocycles. The van der Waals surface area contributed by atoms with E-state index >= 15 is 0 Å². The van der Waals surface area contributed by atoms with E-state index in [2.05, 4.69) is 41.3 Å². The zero-order valence-electron chi connectivity index (χ0n) is 13.5. The Bertz CT molecular complexity index is 426. The third-order valence-corrected chi connectivity index (χ3v) is 3.60. The average molecular weight is 294 g/mol. The largest absolute Gasteiger partial charge is 0.355 e. The van der Waals surface area contributed by atoms with Crippen molar-refractivity contribution >= 4 is 5.96 Å². The summed E-state index contributed by atoms with van der Waals surface area (Å²) in [5.74, 6) is 0.549. The molecular formula is C16H27FN4. The van der Waals surface area contributed by atoms with Crippen molar-refractivity contribution in [1.82, 2.24) is 15.5 Å². The van der Waals surface area contributed by atoms with E-state index in [9.17, 15) is 4.39 Å². The Morgan fingerprint density at radius 2 is 1.81 bits per heavy atom. The molecule has 118 valence electrons. The monoisotopic (exact) mass is 294 g/mol. The molecule has 1 aromatic carbocycles. The molecule has 5 heteroatoms. The number of rotatable bonds is 7. The summed E-state index contributed by atoms with van der Waals surface area (Å²) in [6.07, 6.45) is 0. The molecule has 1 atom stereocenters. The Hall–Kier alpha value is -1.62. The first-order valence-corrected chi connectivity index (χ1v) is 7.53. The van der Waals surface area contributed by atoms with Crippen molar-refractivity contribution < 1.29 is 4.39 Å². The standard InChI is InChI=1S/C16H27FN4/c1-5-21(6-2)13(3)11-19-16(18-4)20-12-14-7-9-15(17)10-8-14/h7-10,13H,5-6,11-12H2,1-4H3,(H2,18,19,20). The van der Waals surface area contributed by atoms with E-state index in [4.69, 9.17) is 0 Å². The lowest BCUT2D eigenvalue weighted by Gasteiger charge is -2.27. The fourth-order valence-electron chi connectivity index (χ4n) is 2.23. The molecule has 0 aliphatic heterocycles. The van der Waals surface area contributed by atoms with E-state index in [0.717, 1.165) is 31.2 Å². The van der Waals surface area contributed by atoms with Gasteiger partial charge in [-0.05, 0) is 37.7 Å². The normalized spacial score (nSPS) is 13.3. The van der Waals surface area contributed by atoms with Crippen molar-refractivity contribution in [2.45, 2.75) is 33.4 Å². The number of halogens is 1. The third-order valence-electron chi connectivity index (χ3n) is 3.60. The topological polar surface area (TPSA) is 39.7 Å². The number of likely N-dealkylation sites (N-methyl/N-ethyl adjacent to an activating group) is 1. The van der Waals surface area contributed by atoms with Gasteiger partial charge in [0.15, 0.2) is 5.96 Å². The summed E-state index contributed by atoms with van der Waals surface area (Å²) in [6.45, 7) is 10.1. The molecule has 0 saturated heterocycles. The highest BCUT2D eigenvalue weighted by atomic mass is 19.1. The predicted molar refractivity (Wildman–Crippen MR) is 87.0 cm³/mol. The van der Waals surface area contributed by atoms with Crippen LogP contribution in [-0.4, -0.2) is 43.6 Å². The van der Waals surface area contributed by atoms with E-state index < -0.39 is 0 Å². The second-order valence-electron chi connectivity index (χ2n) is 5.00. The van der Waals surface area contributed by atoms with Crippen LogP contribution < -0.4 is 10.6 Å². The van der Waals surface area contributed by atoms with Gasteiger partial charge in [-0.3, -0.25) is 9.89 Å². The van der Waals surface area contributed by atoms with Gasteiger partial charge in [0.2, 0.25) is 0 Å². The van der Waals surface area contributed by atoms with Crippen LogP contribution in [0, 0.1) is 5.82 Å². The lowest BCUT2D eigenvalue weighted by Crippen LogP contribution is -2.45. The summed E-state index contributed by atoms with van der Waals surface area (Å²) < 4.78 is 12.8. The van der Waals surface area contributed by atoms with Crippen molar-refractivity contribution in [2.24, 2.45) is 4.99 Å². The molecule has 0 aliphatic carbocycles. The highest BCUT2D eigenvalue weighted by molar-refractivity contribution is 5.79. The zero-order valence-corrected chi connectivity index (χ0v) is 13.5. The third kappa shape index (κ3) is 6.12. The lowest BCUT2D eigenvalue weighted by molar-refractivity contribution is 0.231. The smallest absolute Gasteiger partial charge is 0.191 e. The molecule has 2 N–H and O–H groups in total.